The van der Waals surface area contributed by atoms with Gasteiger partial charge in [-0.2, -0.15) is 0 Å². The summed E-state index contributed by atoms with van der Waals surface area (Å²) in [6, 6.07) is 5.36. The zero-order valence-corrected chi connectivity index (χ0v) is 11.0. The quantitative estimate of drug-likeness (QED) is 0.806. The number of hydrogen-bond acceptors (Lipinski definition) is 3. The smallest absolute Gasteiger partial charge is 0.127 e. The minimum Gasteiger partial charge on any atom is -0.490 e. The van der Waals surface area contributed by atoms with Crippen LogP contribution in [0.5, 0.6) is 5.75 Å². The number of rotatable bonds is 4. The number of hydrogen-bond donors (Lipinski definition) is 2. The summed E-state index contributed by atoms with van der Waals surface area (Å²) < 4.78 is 22.0. The first-order chi connectivity index (χ1) is 8.08. The Kier molecular flexibility index (Phi) is 3.94. The van der Waals surface area contributed by atoms with Crippen LogP contribution in [0.1, 0.15) is 38.2 Å². The van der Waals surface area contributed by atoms with Crippen molar-refractivity contribution in [3.8, 4) is 5.75 Å². The maximum Gasteiger partial charge on any atom is 0.127 e. The molecule has 0 saturated heterocycles. The summed E-state index contributed by atoms with van der Waals surface area (Å²) in [4.78, 5) is 0. The highest BCUT2D eigenvalue weighted by molar-refractivity contribution is 7.78. The summed E-state index contributed by atoms with van der Waals surface area (Å²) in [5.74, 6) is 0.715. The van der Waals surface area contributed by atoms with Crippen LogP contribution in [0, 0.1) is 5.82 Å². The van der Waals surface area contributed by atoms with Crippen LogP contribution in [0.25, 0.3) is 0 Å². The predicted octanol–water partition coefficient (Wildman–Crippen LogP) is 3.29. The normalized spacial score (nSPS) is 23.6. The maximum absolute atomic E-state index is 13.4. The molecule has 17 heavy (non-hydrogen) atoms. The lowest BCUT2D eigenvalue weighted by Gasteiger charge is -2.34. The van der Waals surface area contributed by atoms with E-state index < -0.39 is 0 Å². The summed E-state index contributed by atoms with van der Waals surface area (Å²) in [6.07, 6.45) is 2.04. The number of ether oxygens (including phenoxy) is 1. The third-order valence-electron chi connectivity index (χ3n) is 3.14. The SMILES string of the molecule is CC(C)c1cc(F)cc(O[C@H]2C[C@@H](NS)C2)c1. The van der Waals surface area contributed by atoms with Gasteiger partial charge in [0, 0.05) is 24.9 Å². The van der Waals surface area contributed by atoms with E-state index in [1.165, 1.54) is 6.07 Å². The van der Waals surface area contributed by atoms with Gasteiger partial charge in [-0.1, -0.05) is 26.7 Å². The molecule has 4 heteroatoms. The van der Waals surface area contributed by atoms with Crippen LogP contribution < -0.4 is 9.46 Å². The van der Waals surface area contributed by atoms with Gasteiger partial charge in [0.2, 0.25) is 0 Å². The summed E-state index contributed by atoms with van der Waals surface area (Å²) >= 11 is 4.01. The van der Waals surface area contributed by atoms with E-state index >= 15 is 0 Å². The van der Waals surface area contributed by atoms with Crippen molar-refractivity contribution in [2.75, 3.05) is 0 Å². The van der Waals surface area contributed by atoms with E-state index in [1.54, 1.807) is 6.07 Å². The molecule has 0 heterocycles. The molecule has 0 aliphatic heterocycles. The van der Waals surface area contributed by atoms with Crippen molar-refractivity contribution < 1.29 is 9.13 Å². The molecule has 1 aromatic carbocycles. The van der Waals surface area contributed by atoms with Crippen molar-refractivity contribution in [1.29, 1.82) is 0 Å². The molecule has 0 aromatic heterocycles. The third kappa shape index (κ3) is 3.13. The molecule has 1 aromatic rings. The van der Waals surface area contributed by atoms with E-state index in [4.69, 9.17) is 4.74 Å². The van der Waals surface area contributed by atoms with Gasteiger partial charge >= 0.3 is 0 Å². The van der Waals surface area contributed by atoms with Gasteiger partial charge in [-0.15, -0.1) is 0 Å². The standard InChI is InChI=1S/C13H18FNOS/c1-8(2)9-3-10(14)5-12(4-9)16-13-6-11(7-13)15-17/h3-5,8,11,13,15,17H,6-7H2,1-2H3/t11-,13+. The summed E-state index contributed by atoms with van der Waals surface area (Å²) in [6.45, 7) is 4.09. The fourth-order valence-corrected chi connectivity index (χ4v) is 2.16. The van der Waals surface area contributed by atoms with Gasteiger partial charge < -0.3 is 4.74 Å². The van der Waals surface area contributed by atoms with Gasteiger partial charge in [0.05, 0.1) is 0 Å². The fourth-order valence-electron chi connectivity index (χ4n) is 1.95. The van der Waals surface area contributed by atoms with E-state index in [9.17, 15) is 4.39 Å². The minimum atomic E-state index is -0.227. The van der Waals surface area contributed by atoms with Crippen LogP contribution in [0.3, 0.4) is 0 Å². The topological polar surface area (TPSA) is 21.3 Å². The highest BCUT2D eigenvalue weighted by Gasteiger charge is 2.30. The summed E-state index contributed by atoms with van der Waals surface area (Å²) in [5.41, 5.74) is 0.975. The van der Waals surface area contributed by atoms with E-state index in [1.807, 2.05) is 19.9 Å². The molecule has 94 valence electrons. The molecule has 1 fully saturated rings. The fraction of sp³-hybridized carbons (Fsp3) is 0.538. The Labute approximate surface area is 107 Å². The second-order valence-corrected chi connectivity index (χ2v) is 5.17. The molecule has 1 N–H and O–H groups in total. The van der Waals surface area contributed by atoms with Crippen LogP contribution in [-0.4, -0.2) is 12.1 Å². The first-order valence-electron chi connectivity index (χ1n) is 5.95. The number of nitrogens with one attached hydrogen (secondary N) is 1. The predicted molar refractivity (Wildman–Crippen MR) is 70.0 cm³/mol. The van der Waals surface area contributed by atoms with Crippen molar-refractivity contribution in [2.24, 2.45) is 0 Å². The molecule has 0 spiro atoms. The van der Waals surface area contributed by atoms with Crippen LogP contribution in [0.15, 0.2) is 18.2 Å². The molecule has 0 atom stereocenters. The first-order valence-corrected chi connectivity index (χ1v) is 6.40. The third-order valence-corrected chi connectivity index (χ3v) is 3.51. The maximum atomic E-state index is 13.4. The van der Waals surface area contributed by atoms with E-state index in [0.717, 1.165) is 18.4 Å². The summed E-state index contributed by atoms with van der Waals surface area (Å²) in [5, 5.41) is 0. The van der Waals surface area contributed by atoms with Crippen molar-refractivity contribution in [1.82, 2.24) is 4.72 Å². The largest absolute Gasteiger partial charge is 0.490 e. The highest BCUT2D eigenvalue weighted by Crippen LogP contribution is 2.28. The van der Waals surface area contributed by atoms with Gasteiger partial charge in [0.15, 0.2) is 0 Å². The molecule has 0 bridgehead atoms. The molecule has 0 amide bonds. The number of benzene rings is 1. The Hall–Kier alpha value is -0.740. The van der Waals surface area contributed by atoms with E-state index in [-0.39, 0.29) is 11.9 Å². The van der Waals surface area contributed by atoms with Crippen LogP contribution in [-0.2, 0) is 0 Å². The molecular weight excluding hydrogens is 237 g/mol. The van der Waals surface area contributed by atoms with Crippen LogP contribution in [0.4, 0.5) is 4.39 Å². The average molecular weight is 255 g/mol. The van der Waals surface area contributed by atoms with Gasteiger partial charge in [0.25, 0.3) is 0 Å². The van der Waals surface area contributed by atoms with Crippen molar-refractivity contribution in [3.05, 3.63) is 29.6 Å². The molecule has 2 nitrogen and oxygen atoms in total. The number of halogens is 1. The molecule has 1 saturated carbocycles. The Balaban J connectivity index is 2.01. The van der Waals surface area contributed by atoms with E-state index in [0.29, 0.717) is 17.7 Å². The second kappa shape index (κ2) is 5.27. The van der Waals surface area contributed by atoms with Crippen LogP contribution >= 0.6 is 12.8 Å². The Bertz CT molecular complexity index is 391. The lowest BCUT2D eigenvalue weighted by Crippen LogP contribution is -2.43. The van der Waals surface area contributed by atoms with Crippen LogP contribution in [0.2, 0.25) is 0 Å². The molecule has 1 aliphatic carbocycles. The lowest BCUT2D eigenvalue weighted by molar-refractivity contribution is 0.0954. The molecule has 0 unspecified atom stereocenters. The van der Waals surface area contributed by atoms with Crippen molar-refractivity contribution >= 4 is 12.8 Å². The zero-order valence-electron chi connectivity index (χ0n) is 10.1. The molecule has 2 rings (SSSR count). The lowest BCUT2D eigenvalue weighted by atomic mass is 9.90. The summed E-state index contributed by atoms with van der Waals surface area (Å²) in [7, 11) is 0. The molecule has 0 radical (unpaired) electrons. The first kappa shape index (κ1) is 12.7. The highest BCUT2D eigenvalue weighted by atomic mass is 32.1. The Morgan fingerprint density at radius 2 is 2.06 bits per heavy atom. The van der Waals surface area contributed by atoms with E-state index in [2.05, 4.69) is 17.5 Å². The van der Waals surface area contributed by atoms with Gasteiger partial charge in [-0.3, -0.25) is 4.72 Å². The minimum absolute atomic E-state index is 0.182. The Morgan fingerprint density at radius 1 is 1.35 bits per heavy atom. The second-order valence-electron chi connectivity index (χ2n) is 4.91. The monoisotopic (exact) mass is 255 g/mol. The molecule has 1 aliphatic rings. The average Bonchev–Trinajstić information content (AvgIpc) is 2.21. The van der Waals surface area contributed by atoms with Crippen molar-refractivity contribution in [3.63, 3.8) is 0 Å². The van der Waals surface area contributed by atoms with Gasteiger partial charge in [-0.05, 0) is 23.6 Å². The van der Waals surface area contributed by atoms with Gasteiger partial charge in [-0.25, -0.2) is 4.39 Å². The van der Waals surface area contributed by atoms with Gasteiger partial charge in [0.1, 0.15) is 17.7 Å². The number of thiol groups is 1. The molecular formula is C13H18FNOS. The zero-order chi connectivity index (χ0) is 12.4. The Morgan fingerprint density at radius 3 is 2.65 bits per heavy atom. The van der Waals surface area contributed by atoms with Crippen molar-refractivity contribution in [2.45, 2.75) is 44.8 Å².